The molecule has 3 unspecified atom stereocenters. The lowest BCUT2D eigenvalue weighted by Crippen LogP contribution is -2.38. The molecule has 7 nitrogen and oxygen atoms in total. The number of aliphatic hydroxyl groups is 2. The fourth-order valence-corrected chi connectivity index (χ4v) is 4.05. The summed E-state index contributed by atoms with van der Waals surface area (Å²) in [5.41, 5.74) is 1.04. The van der Waals surface area contributed by atoms with Crippen molar-refractivity contribution in [2.75, 3.05) is 7.11 Å². The smallest absolute Gasteiger partial charge is 0.202 e. The van der Waals surface area contributed by atoms with E-state index < -0.39 is 29.7 Å². The molecule has 0 amide bonds. The van der Waals surface area contributed by atoms with E-state index in [-0.39, 0.29) is 23.5 Å². The summed E-state index contributed by atoms with van der Waals surface area (Å²) < 4.78 is 17.5. The molecule has 0 aliphatic carbocycles. The van der Waals surface area contributed by atoms with Gasteiger partial charge in [0.1, 0.15) is 34.2 Å². The Morgan fingerprint density at radius 3 is 2.52 bits per heavy atom. The van der Waals surface area contributed by atoms with Crippen LogP contribution in [0, 0.1) is 0 Å². The highest BCUT2D eigenvalue weighted by atomic mass is 16.5. The van der Waals surface area contributed by atoms with Gasteiger partial charge in [-0.15, -0.1) is 0 Å². The Hall–Kier alpha value is -3.29. The zero-order valence-corrected chi connectivity index (χ0v) is 19.1. The van der Waals surface area contributed by atoms with Crippen LogP contribution in [0.25, 0.3) is 6.08 Å². The van der Waals surface area contributed by atoms with Gasteiger partial charge >= 0.3 is 0 Å². The molecule has 2 aromatic rings. The second-order valence-electron chi connectivity index (χ2n) is 9.00. The van der Waals surface area contributed by atoms with E-state index in [2.05, 4.69) is 6.58 Å². The zero-order valence-electron chi connectivity index (χ0n) is 19.1. The van der Waals surface area contributed by atoms with Gasteiger partial charge in [-0.05, 0) is 50.6 Å². The number of hydrogen-bond acceptors (Lipinski definition) is 7. The Morgan fingerprint density at radius 1 is 1.24 bits per heavy atom. The number of fused-ring (bicyclic) bond motifs is 2. The molecule has 2 aromatic carbocycles. The number of ketones is 1. The monoisotopic (exact) mass is 452 g/mol. The SMILES string of the molecule is C=C(C)C(O)Cc1c2c(c(O)c3c1OC(c1ccc(OC)cc1)C(O)C3=O)C=CC(C)(C)O2. The number of aromatic hydroxyl groups is 1. The van der Waals surface area contributed by atoms with E-state index in [0.29, 0.717) is 33.8 Å². The third-order valence-corrected chi connectivity index (χ3v) is 5.99. The fourth-order valence-electron chi connectivity index (χ4n) is 4.05. The van der Waals surface area contributed by atoms with E-state index >= 15 is 0 Å². The third kappa shape index (κ3) is 3.98. The molecule has 0 saturated carbocycles. The molecule has 33 heavy (non-hydrogen) atoms. The standard InChI is InChI=1S/C26H28O7/c1-13(2)18(27)12-17-24-16(10-11-26(3,4)33-24)20(28)19-21(29)22(30)23(32-25(17)19)14-6-8-15(31-5)9-7-14/h6-11,18,22-23,27-28,30H,1,12H2,2-5H3. The minimum atomic E-state index is -1.53. The number of phenols is 1. The Labute approximate surface area is 192 Å². The normalized spacial score (nSPS) is 21.3. The number of ether oxygens (including phenoxy) is 3. The number of methoxy groups -OCH3 is 1. The lowest BCUT2D eigenvalue weighted by atomic mass is 9.86. The van der Waals surface area contributed by atoms with E-state index in [4.69, 9.17) is 14.2 Å². The van der Waals surface area contributed by atoms with Crippen LogP contribution in [0.3, 0.4) is 0 Å². The number of hydrogen-bond donors (Lipinski definition) is 3. The second-order valence-corrected chi connectivity index (χ2v) is 9.00. The van der Waals surface area contributed by atoms with Crippen molar-refractivity contribution in [2.24, 2.45) is 0 Å². The number of carbonyl (C=O) groups excluding carboxylic acids is 1. The highest BCUT2D eigenvalue weighted by molar-refractivity contribution is 6.07. The summed E-state index contributed by atoms with van der Waals surface area (Å²) in [5, 5.41) is 32.4. The van der Waals surface area contributed by atoms with Gasteiger partial charge in [0.2, 0.25) is 5.78 Å². The Kier molecular flexibility index (Phi) is 5.72. The first-order valence-electron chi connectivity index (χ1n) is 10.7. The van der Waals surface area contributed by atoms with Gasteiger partial charge < -0.3 is 29.5 Å². The molecule has 3 atom stereocenters. The summed E-state index contributed by atoms with van der Waals surface area (Å²) in [7, 11) is 1.54. The van der Waals surface area contributed by atoms with Gasteiger partial charge in [-0.3, -0.25) is 4.79 Å². The average Bonchev–Trinajstić information content (AvgIpc) is 2.77. The molecular weight excluding hydrogens is 424 g/mol. The second kappa shape index (κ2) is 8.24. The highest BCUT2D eigenvalue weighted by Crippen LogP contribution is 2.51. The number of benzene rings is 2. The third-order valence-electron chi connectivity index (χ3n) is 5.99. The summed E-state index contributed by atoms with van der Waals surface area (Å²) >= 11 is 0. The molecule has 0 bridgehead atoms. The molecule has 2 aliphatic rings. The van der Waals surface area contributed by atoms with Crippen molar-refractivity contribution in [3.05, 3.63) is 64.7 Å². The molecule has 0 spiro atoms. The van der Waals surface area contributed by atoms with Crippen LogP contribution in [0.1, 0.15) is 53.9 Å². The van der Waals surface area contributed by atoms with E-state index in [1.807, 2.05) is 13.8 Å². The lowest BCUT2D eigenvalue weighted by Gasteiger charge is -2.36. The van der Waals surface area contributed by atoms with Gasteiger partial charge in [0.05, 0.1) is 18.8 Å². The molecule has 174 valence electrons. The molecule has 3 N–H and O–H groups in total. The maximum absolute atomic E-state index is 13.3. The molecule has 2 heterocycles. The summed E-state index contributed by atoms with van der Waals surface area (Å²) in [5.74, 6) is 0.0554. The summed E-state index contributed by atoms with van der Waals surface area (Å²) in [6.07, 6.45) is 0.0410. The predicted octanol–water partition coefficient (Wildman–Crippen LogP) is 3.74. The van der Waals surface area contributed by atoms with Crippen molar-refractivity contribution in [3.63, 3.8) is 0 Å². The topological polar surface area (TPSA) is 105 Å². The van der Waals surface area contributed by atoms with Gasteiger partial charge in [0.15, 0.2) is 12.2 Å². The van der Waals surface area contributed by atoms with Crippen LogP contribution in [0.2, 0.25) is 0 Å². The highest BCUT2D eigenvalue weighted by Gasteiger charge is 2.43. The Balaban J connectivity index is 1.91. The van der Waals surface area contributed by atoms with E-state index in [1.54, 1.807) is 50.5 Å². The average molecular weight is 453 g/mol. The van der Waals surface area contributed by atoms with Gasteiger partial charge in [-0.2, -0.15) is 0 Å². The van der Waals surface area contributed by atoms with Crippen LogP contribution >= 0.6 is 0 Å². The largest absolute Gasteiger partial charge is 0.506 e. The molecule has 0 fully saturated rings. The van der Waals surface area contributed by atoms with Crippen LogP contribution in [-0.4, -0.2) is 46.0 Å². The van der Waals surface area contributed by atoms with Crippen LogP contribution < -0.4 is 14.2 Å². The quantitative estimate of drug-likeness (QED) is 0.594. The Morgan fingerprint density at radius 2 is 1.91 bits per heavy atom. The predicted molar refractivity (Wildman–Crippen MR) is 123 cm³/mol. The first-order chi connectivity index (χ1) is 15.5. The summed E-state index contributed by atoms with van der Waals surface area (Å²) in [4.78, 5) is 13.3. The summed E-state index contributed by atoms with van der Waals surface area (Å²) in [6.45, 7) is 9.23. The van der Waals surface area contributed by atoms with Crippen molar-refractivity contribution in [1.29, 1.82) is 0 Å². The maximum atomic E-state index is 13.3. The molecule has 0 saturated heterocycles. The van der Waals surface area contributed by atoms with Gasteiger partial charge in [-0.1, -0.05) is 24.3 Å². The molecular formula is C26H28O7. The molecule has 4 rings (SSSR count). The lowest BCUT2D eigenvalue weighted by molar-refractivity contribution is 0.0200. The molecule has 2 aliphatic heterocycles. The van der Waals surface area contributed by atoms with Crippen LogP contribution in [0.4, 0.5) is 0 Å². The number of aliphatic hydroxyl groups excluding tert-OH is 2. The first-order valence-corrected chi connectivity index (χ1v) is 10.7. The number of carbonyl (C=O) groups is 1. The van der Waals surface area contributed by atoms with E-state index in [9.17, 15) is 20.1 Å². The van der Waals surface area contributed by atoms with Crippen molar-refractivity contribution >= 4 is 11.9 Å². The minimum Gasteiger partial charge on any atom is -0.506 e. The summed E-state index contributed by atoms with van der Waals surface area (Å²) in [6, 6.07) is 6.82. The van der Waals surface area contributed by atoms with Crippen molar-refractivity contribution in [1.82, 2.24) is 0 Å². The van der Waals surface area contributed by atoms with Crippen LogP contribution in [0.5, 0.6) is 23.0 Å². The van der Waals surface area contributed by atoms with Gasteiger partial charge in [0.25, 0.3) is 0 Å². The number of phenolic OH excluding ortho intramolecular Hbond substituents is 1. The minimum absolute atomic E-state index is 0.0584. The molecule has 7 heteroatoms. The fraction of sp³-hybridized carbons (Fsp3) is 0.346. The van der Waals surface area contributed by atoms with Gasteiger partial charge in [0, 0.05) is 12.0 Å². The first kappa shape index (κ1) is 22.9. The molecule has 0 aromatic heterocycles. The van der Waals surface area contributed by atoms with Gasteiger partial charge in [-0.25, -0.2) is 0 Å². The van der Waals surface area contributed by atoms with Crippen molar-refractivity contribution < 1.29 is 34.3 Å². The number of Topliss-reactive ketones (excluding diaryl/α,β-unsaturated/α-hetero) is 1. The number of rotatable bonds is 5. The van der Waals surface area contributed by atoms with Crippen LogP contribution in [0.15, 0.2) is 42.5 Å². The zero-order chi connectivity index (χ0) is 24.1. The van der Waals surface area contributed by atoms with E-state index in [1.165, 1.54) is 0 Å². The van der Waals surface area contributed by atoms with Crippen molar-refractivity contribution in [2.45, 2.75) is 51.1 Å². The Bertz CT molecular complexity index is 1140. The van der Waals surface area contributed by atoms with E-state index in [0.717, 1.165) is 0 Å². The van der Waals surface area contributed by atoms with Crippen molar-refractivity contribution in [3.8, 4) is 23.0 Å². The molecule has 0 radical (unpaired) electrons. The maximum Gasteiger partial charge on any atom is 0.202 e. The van der Waals surface area contributed by atoms with Crippen LogP contribution in [-0.2, 0) is 6.42 Å².